The van der Waals surface area contributed by atoms with Crippen molar-refractivity contribution in [3.63, 3.8) is 0 Å². The van der Waals surface area contributed by atoms with Gasteiger partial charge in [0.2, 0.25) is 5.91 Å². The lowest BCUT2D eigenvalue weighted by atomic mass is 9.78. The third-order valence-corrected chi connectivity index (χ3v) is 9.49. The third-order valence-electron chi connectivity index (χ3n) is 9.49. The molecule has 3 saturated heterocycles. The number of nitrogens with one attached hydrogen (secondary N) is 1. The maximum Gasteiger partial charge on any atom is 0.416 e. The molecule has 198 valence electrons. The summed E-state index contributed by atoms with van der Waals surface area (Å²) in [5, 5.41) is 3.81. The molecule has 4 heterocycles. The molecule has 1 aromatic rings. The number of alkyl halides is 3. The minimum atomic E-state index is -4.39. The number of pyridine rings is 1. The number of fused-ring (bicyclic) bond motifs is 3. The highest BCUT2D eigenvalue weighted by Crippen LogP contribution is 2.56. The number of piperazine rings is 1. The molecule has 3 aliphatic heterocycles. The van der Waals surface area contributed by atoms with Gasteiger partial charge in [0.15, 0.2) is 0 Å². The van der Waals surface area contributed by atoms with Crippen LogP contribution < -0.4 is 10.2 Å². The van der Waals surface area contributed by atoms with Crippen molar-refractivity contribution in [2.75, 3.05) is 38.3 Å². The number of amides is 1. The Balaban J connectivity index is 1.13. The van der Waals surface area contributed by atoms with Crippen molar-refractivity contribution in [1.29, 1.82) is 0 Å². The van der Waals surface area contributed by atoms with Gasteiger partial charge in [-0.15, -0.1) is 0 Å². The number of hydrogen-bond acceptors (Lipinski definition) is 6. The molecule has 6 rings (SSSR count). The smallest absolute Gasteiger partial charge is 0.379 e. The van der Waals surface area contributed by atoms with E-state index in [-0.39, 0.29) is 35.6 Å². The number of ether oxygens (including phenoxy) is 2. The van der Waals surface area contributed by atoms with Crippen molar-refractivity contribution in [3.8, 4) is 0 Å². The standard InChI is InChI=1S/C26H35F3N4O3/c1-35-22-15-36-8-5-21(22)31-18-9-16-3-2-6-25(16,12-18)24(34)33-14-19-11-20(33)13-32(19)23-10-17(4-7-30-23)26(27,28)29/h4,7,10,16,18-22,31H,2-3,5-6,8-9,11-15H2,1H3/t16-,18-,19+,20-,21-,22-,25-/m1/s1. The SMILES string of the molecule is CO[C@@H]1COCC[C@H]1N[C@@H]1C[C@H]2CCC[C@@]2(C(=O)N2C[C@@H]3C[C@@H]2CN3c2cc(C(F)(F)F)ccn2)C1. The molecule has 0 radical (unpaired) electrons. The van der Waals surface area contributed by atoms with Gasteiger partial charge < -0.3 is 24.6 Å². The summed E-state index contributed by atoms with van der Waals surface area (Å²) in [6.07, 6.45) is 3.57. The first-order valence-electron chi connectivity index (χ1n) is 13.3. The molecule has 10 heteroatoms. The number of methoxy groups -OCH3 is 1. The fraction of sp³-hybridized carbons (Fsp3) is 0.769. The number of likely N-dealkylation sites (tertiary alicyclic amines) is 1. The first-order chi connectivity index (χ1) is 17.3. The number of nitrogens with zero attached hydrogens (tertiary/aromatic N) is 3. The molecule has 1 amide bonds. The van der Waals surface area contributed by atoms with Crippen LogP contribution in [0.15, 0.2) is 18.3 Å². The fourth-order valence-corrected chi connectivity index (χ4v) is 7.79. The second kappa shape index (κ2) is 9.13. The van der Waals surface area contributed by atoms with E-state index in [4.69, 9.17) is 9.47 Å². The second-order valence-corrected chi connectivity index (χ2v) is 11.3. The number of rotatable bonds is 5. The molecule has 1 N–H and O–H groups in total. The Hall–Kier alpha value is -1.91. The van der Waals surface area contributed by atoms with E-state index in [1.165, 1.54) is 6.20 Å². The molecular formula is C26H35F3N4O3. The second-order valence-electron chi connectivity index (χ2n) is 11.3. The first kappa shape index (κ1) is 24.4. The molecule has 2 saturated carbocycles. The number of anilines is 1. The summed E-state index contributed by atoms with van der Waals surface area (Å²) >= 11 is 0. The zero-order valence-electron chi connectivity index (χ0n) is 20.7. The van der Waals surface area contributed by atoms with Crippen molar-refractivity contribution in [1.82, 2.24) is 15.2 Å². The third kappa shape index (κ3) is 4.09. The highest BCUT2D eigenvalue weighted by molar-refractivity contribution is 5.85. The van der Waals surface area contributed by atoms with Crippen LogP contribution in [0.4, 0.5) is 19.0 Å². The highest BCUT2D eigenvalue weighted by atomic mass is 19.4. The fourth-order valence-electron chi connectivity index (χ4n) is 7.79. The summed E-state index contributed by atoms with van der Waals surface area (Å²) in [5.74, 6) is 1.02. The van der Waals surface area contributed by atoms with Gasteiger partial charge in [0.25, 0.3) is 0 Å². The summed E-state index contributed by atoms with van der Waals surface area (Å²) in [5.41, 5.74) is -0.990. The lowest BCUT2D eigenvalue weighted by molar-refractivity contribution is -0.144. The molecule has 2 bridgehead atoms. The van der Waals surface area contributed by atoms with E-state index in [1.54, 1.807) is 7.11 Å². The summed E-state index contributed by atoms with van der Waals surface area (Å²) in [6.45, 7) is 2.44. The van der Waals surface area contributed by atoms with Gasteiger partial charge in [-0.25, -0.2) is 4.98 Å². The zero-order chi connectivity index (χ0) is 25.1. The van der Waals surface area contributed by atoms with E-state index in [0.29, 0.717) is 37.5 Å². The van der Waals surface area contributed by atoms with E-state index >= 15 is 0 Å². The average molecular weight is 509 g/mol. The van der Waals surface area contributed by atoms with Crippen molar-refractivity contribution in [2.24, 2.45) is 11.3 Å². The quantitative estimate of drug-likeness (QED) is 0.659. The lowest BCUT2D eigenvalue weighted by Gasteiger charge is -2.40. The van der Waals surface area contributed by atoms with Gasteiger partial charge >= 0.3 is 6.18 Å². The van der Waals surface area contributed by atoms with Crippen molar-refractivity contribution >= 4 is 11.7 Å². The van der Waals surface area contributed by atoms with Crippen LogP contribution >= 0.6 is 0 Å². The summed E-state index contributed by atoms with van der Waals surface area (Å²) in [4.78, 5) is 22.3. The van der Waals surface area contributed by atoms with Gasteiger partial charge in [0.05, 0.1) is 35.8 Å². The van der Waals surface area contributed by atoms with Gasteiger partial charge in [-0.1, -0.05) is 6.42 Å². The molecule has 0 spiro atoms. The maximum absolute atomic E-state index is 14.1. The van der Waals surface area contributed by atoms with E-state index in [2.05, 4.69) is 15.2 Å². The Labute approximate surface area is 209 Å². The van der Waals surface area contributed by atoms with Crippen LogP contribution in [0, 0.1) is 11.3 Å². The van der Waals surface area contributed by atoms with Crippen molar-refractivity contribution < 1.29 is 27.4 Å². The topological polar surface area (TPSA) is 66.9 Å². The number of aromatic nitrogens is 1. The van der Waals surface area contributed by atoms with Crippen LogP contribution in [0.5, 0.6) is 0 Å². The molecule has 7 nitrogen and oxygen atoms in total. The number of halogens is 3. The van der Waals surface area contributed by atoms with Gasteiger partial charge in [0, 0.05) is 45.1 Å². The van der Waals surface area contributed by atoms with E-state index in [1.807, 2.05) is 4.90 Å². The molecular weight excluding hydrogens is 473 g/mol. The number of hydrogen-bond donors (Lipinski definition) is 1. The Bertz CT molecular complexity index is 993. The van der Waals surface area contributed by atoms with Crippen LogP contribution in [0.1, 0.15) is 50.5 Å². The van der Waals surface area contributed by atoms with Gasteiger partial charge in [-0.2, -0.15) is 13.2 Å². The Morgan fingerprint density at radius 1 is 1.25 bits per heavy atom. The first-order valence-corrected chi connectivity index (χ1v) is 13.3. The van der Waals surface area contributed by atoms with Gasteiger partial charge in [0.1, 0.15) is 5.82 Å². The van der Waals surface area contributed by atoms with E-state index < -0.39 is 11.7 Å². The van der Waals surface area contributed by atoms with Crippen LogP contribution in [-0.4, -0.2) is 79.5 Å². The normalized spacial score (nSPS) is 38.1. The van der Waals surface area contributed by atoms with E-state index in [0.717, 1.165) is 63.7 Å². The van der Waals surface area contributed by atoms with Crippen LogP contribution in [-0.2, 0) is 20.4 Å². The van der Waals surface area contributed by atoms with Crippen molar-refractivity contribution in [2.45, 2.75) is 81.4 Å². The zero-order valence-corrected chi connectivity index (χ0v) is 20.7. The van der Waals surface area contributed by atoms with Crippen molar-refractivity contribution in [3.05, 3.63) is 23.9 Å². The molecule has 5 aliphatic rings. The maximum atomic E-state index is 14.1. The highest BCUT2D eigenvalue weighted by Gasteiger charge is 2.59. The van der Waals surface area contributed by atoms with Gasteiger partial charge in [-0.3, -0.25) is 4.79 Å². The molecule has 7 atom stereocenters. The summed E-state index contributed by atoms with van der Waals surface area (Å²) < 4.78 is 50.8. The summed E-state index contributed by atoms with van der Waals surface area (Å²) in [6, 6.07) is 2.74. The van der Waals surface area contributed by atoms with E-state index in [9.17, 15) is 18.0 Å². The monoisotopic (exact) mass is 508 g/mol. The van der Waals surface area contributed by atoms with Crippen LogP contribution in [0.2, 0.25) is 0 Å². The largest absolute Gasteiger partial charge is 0.416 e. The molecule has 36 heavy (non-hydrogen) atoms. The Kier molecular flexibility index (Phi) is 6.20. The van der Waals surface area contributed by atoms with Crippen LogP contribution in [0.25, 0.3) is 0 Å². The number of carbonyl (C=O) groups is 1. The predicted octanol–water partition coefficient (Wildman–Crippen LogP) is 3.23. The Morgan fingerprint density at radius 3 is 2.86 bits per heavy atom. The molecule has 1 aromatic heterocycles. The molecule has 0 unspecified atom stereocenters. The average Bonchev–Trinajstić information content (AvgIpc) is 3.63. The number of carbonyl (C=O) groups excluding carboxylic acids is 1. The lowest BCUT2D eigenvalue weighted by Crippen LogP contribution is -2.54. The summed E-state index contributed by atoms with van der Waals surface area (Å²) in [7, 11) is 1.73. The Morgan fingerprint density at radius 2 is 2.11 bits per heavy atom. The minimum Gasteiger partial charge on any atom is -0.379 e. The molecule has 2 aliphatic carbocycles. The molecule has 5 fully saturated rings. The van der Waals surface area contributed by atoms with Gasteiger partial charge in [-0.05, 0) is 56.6 Å². The minimum absolute atomic E-state index is 0.0196. The predicted molar refractivity (Wildman–Crippen MR) is 126 cm³/mol. The molecule has 0 aromatic carbocycles. The van der Waals surface area contributed by atoms with Crippen LogP contribution in [0.3, 0.4) is 0 Å².